The van der Waals surface area contributed by atoms with Gasteiger partial charge in [0.1, 0.15) is 5.76 Å². The second kappa shape index (κ2) is 6.41. The van der Waals surface area contributed by atoms with Gasteiger partial charge in [0.15, 0.2) is 0 Å². The average molecular weight is 243 g/mol. The maximum atomic E-state index is 5.35. The predicted molar refractivity (Wildman–Crippen MR) is 74.5 cm³/mol. The van der Waals surface area contributed by atoms with Crippen LogP contribution in [0.15, 0.2) is 53.1 Å². The van der Waals surface area contributed by atoms with Crippen LogP contribution >= 0.6 is 0 Å². The molecular formula is C16H21NO. The van der Waals surface area contributed by atoms with Crippen molar-refractivity contribution in [3.8, 4) is 0 Å². The van der Waals surface area contributed by atoms with Crippen LogP contribution in [-0.4, -0.2) is 6.04 Å². The maximum Gasteiger partial charge on any atom is 0.103 e. The maximum absolute atomic E-state index is 5.35. The second-order valence-corrected chi connectivity index (χ2v) is 4.82. The molecule has 1 aromatic carbocycles. The highest BCUT2D eigenvalue weighted by Crippen LogP contribution is 2.13. The highest BCUT2D eigenvalue weighted by molar-refractivity contribution is 5.18. The lowest BCUT2D eigenvalue weighted by Crippen LogP contribution is -2.29. The molecule has 0 fully saturated rings. The topological polar surface area (TPSA) is 25.2 Å². The van der Waals surface area contributed by atoms with Crippen molar-refractivity contribution in [1.29, 1.82) is 0 Å². The minimum atomic E-state index is 0.387. The van der Waals surface area contributed by atoms with Gasteiger partial charge in [-0.1, -0.05) is 30.3 Å². The van der Waals surface area contributed by atoms with E-state index in [9.17, 15) is 0 Å². The quantitative estimate of drug-likeness (QED) is 0.831. The Morgan fingerprint density at radius 1 is 1.06 bits per heavy atom. The fraction of sp³-hybridized carbons (Fsp3) is 0.375. The van der Waals surface area contributed by atoms with E-state index in [4.69, 9.17) is 4.42 Å². The Morgan fingerprint density at radius 3 is 2.50 bits per heavy atom. The van der Waals surface area contributed by atoms with E-state index >= 15 is 0 Å². The van der Waals surface area contributed by atoms with Gasteiger partial charge in [-0.25, -0.2) is 0 Å². The van der Waals surface area contributed by atoms with Crippen molar-refractivity contribution in [3.63, 3.8) is 0 Å². The van der Waals surface area contributed by atoms with Crippen LogP contribution < -0.4 is 5.32 Å². The summed E-state index contributed by atoms with van der Waals surface area (Å²) in [6, 6.07) is 15.4. The molecular weight excluding hydrogens is 222 g/mol. The van der Waals surface area contributed by atoms with E-state index in [2.05, 4.69) is 49.5 Å². The first-order chi connectivity index (χ1) is 8.75. The van der Waals surface area contributed by atoms with Gasteiger partial charge in [0.25, 0.3) is 0 Å². The van der Waals surface area contributed by atoms with Crippen molar-refractivity contribution in [2.75, 3.05) is 0 Å². The van der Waals surface area contributed by atoms with Gasteiger partial charge in [-0.05, 0) is 38.0 Å². The van der Waals surface area contributed by atoms with Gasteiger partial charge >= 0.3 is 0 Å². The number of hydrogen-bond donors (Lipinski definition) is 1. The largest absolute Gasteiger partial charge is 0.469 e. The first-order valence-electron chi connectivity index (χ1n) is 6.59. The standard InChI is InChI=1S/C16H21NO/c1-13(10-11-16-9-6-12-18-16)17-14(2)15-7-4-3-5-8-15/h3-9,12-14,17H,10-11H2,1-2H3/t13-,14+/m0/s1. The normalized spacial score (nSPS) is 14.3. The predicted octanol–water partition coefficient (Wildman–Crippen LogP) is 3.95. The summed E-state index contributed by atoms with van der Waals surface area (Å²) >= 11 is 0. The van der Waals surface area contributed by atoms with E-state index in [-0.39, 0.29) is 0 Å². The van der Waals surface area contributed by atoms with Gasteiger partial charge in [0, 0.05) is 18.5 Å². The van der Waals surface area contributed by atoms with E-state index in [1.165, 1.54) is 5.56 Å². The minimum Gasteiger partial charge on any atom is -0.469 e. The lowest BCUT2D eigenvalue weighted by molar-refractivity contribution is 0.430. The molecule has 2 atom stereocenters. The monoisotopic (exact) mass is 243 g/mol. The molecule has 0 saturated carbocycles. The van der Waals surface area contributed by atoms with Gasteiger partial charge in [-0.2, -0.15) is 0 Å². The van der Waals surface area contributed by atoms with Crippen LogP contribution in [0.25, 0.3) is 0 Å². The molecule has 0 aliphatic carbocycles. The first-order valence-corrected chi connectivity index (χ1v) is 6.59. The SMILES string of the molecule is C[C@@H](CCc1ccco1)N[C@H](C)c1ccccc1. The Morgan fingerprint density at radius 2 is 1.83 bits per heavy atom. The first kappa shape index (κ1) is 12.9. The minimum absolute atomic E-state index is 0.387. The van der Waals surface area contributed by atoms with Crippen molar-refractivity contribution in [2.45, 2.75) is 38.8 Å². The summed E-state index contributed by atoms with van der Waals surface area (Å²) in [7, 11) is 0. The highest BCUT2D eigenvalue weighted by Gasteiger charge is 2.09. The summed E-state index contributed by atoms with van der Waals surface area (Å²) in [6.07, 6.45) is 3.81. The second-order valence-electron chi connectivity index (χ2n) is 4.82. The van der Waals surface area contributed by atoms with E-state index < -0.39 is 0 Å². The van der Waals surface area contributed by atoms with E-state index in [1.54, 1.807) is 6.26 Å². The molecule has 0 saturated heterocycles. The third-order valence-electron chi connectivity index (χ3n) is 3.24. The van der Waals surface area contributed by atoms with Crippen molar-refractivity contribution in [2.24, 2.45) is 0 Å². The Balaban J connectivity index is 1.78. The summed E-state index contributed by atoms with van der Waals surface area (Å²) < 4.78 is 5.35. The summed E-state index contributed by atoms with van der Waals surface area (Å²) in [6.45, 7) is 4.43. The molecule has 0 aliphatic rings. The zero-order valence-corrected chi connectivity index (χ0v) is 11.1. The Bertz CT molecular complexity index is 435. The van der Waals surface area contributed by atoms with E-state index in [0.717, 1.165) is 18.6 Å². The van der Waals surface area contributed by atoms with Crippen molar-refractivity contribution >= 4 is 0 Å². The molecule has 0 amide bonds. The van der Waals surface area contributed by atoms with E-state index in [0.29, 0.717) is 12.1 Å². The fourth-order valence-corrected chi connectivity index (χ4v) is 2.16. The molecule has 2 aromatic rings. The van der Waals surface area contributed by atoms with Crippen LogP contribution in [0.4, 0.5) is 0 Å². The fourth-order valence-electron chi connectivity index (χ4n) is 2.16. The number of hydrogen-bond acceptors (Lipinski definition) is 2. The molecule has 1 heterocycles. The molecule has 1 aromatic heterocycles. The number of benzene rings is 1. The van der Waals surface area contributed by atoms with Gasteiger partial charge in [-0.15, -0.1) is 0 Å². The lowest BCUT2D eigenvalue weighted by Gasteiger charge is -2.20. The van der Waals surface area contributed by atoms with Crippen LogP contribution in [-0.2, 0) is 6.42 Å². The van der Waals surface area contributed by atoms with Gasteiger partial charge in [0.05, 0.1) is 6.26 Å². The summed E-state index contributed by atoms with van der Waals surface area (Å²) in [4.78, 5) is 0. The third kappa shape index (κ3) is 3.74. The molecule has 0 spiro atoms. The smallest absolute Gasteiger partial charge is 0.103 e. The van der Waals surface area contributed by atoms with Crippen molar-refractivity contribution in [1.82, 2.24) is 5.32 Å². The van der Waals surface area contributed by atoms with Crippen LogP contribution in [0.3, 0.4) is 0 Å². The van der Waals surface area contributed by atoms with Crippen LogP contribution in [0.5, 0.6) is 0 Å². The number of furan rings is 1. The lowest BCUT2D eigenvalue weighted by atomic mass is 10.1. The molecule has 2 heteroatoms. The van der Waals surface area contributed by atoms with Crippen LogP contribution in [0, 0.1) is 0 Å². The molecule has 1 N–H and O–H groups in total. The number of aryl methyl sites for hydroxylation is 1. The molecule has 0 radical (unpaired) electrons. The van der Waals surface area contributed by atoms with Crippen LogP contribution in [0.1, 0.15) is 37.6 Å². The third-order valence-corrected chi connectivity index (χ3v) is 3.24. The molecule has 96 valence electrons. The molecule has 2 rings (SSSR count). The zero-order valence-electron chi connectivity index (χ0n) is 11.1. The molecule has 0 aliphatic heterocycles. The Labute approximate surface area is 109 Å². The summed E-state index contributed by atoms with van der Waals surface area (Å²) in [5.74, 6) is 1.07. The highest BCUT2D eigenvalue weighted by atomic mass is 16.3. The van der Waals surface area contributed by atoms with E-state index in [1.807, 2.05) is 12.1 Å². The Kier molecular flexibility index (Phi) is 4.59. The average Bonchev–Trinajstić information content (AvgIpc) is 2.90. The summed E-state index contributed by atoms with van der Waals surface area (Å²) in [5, 5.41) is 3.62. The molecule has 0 unspecified atom stereocenters. The number of rotatable bonds is 6. The zero-order chi connectivity index (χ0) is 12.8. The van der Waals surface area contributed by atoms with Crippen molar-refractivity contribution < 1.29 is 4.42 Å². The number of nitrogens with one attached hydrogen (secondary N) is 1. The Hall–Kier alpha value is -1.54. The van der Waals surface area contributed by atoms with Crippen molar-refractivity contribution in [3.05, 3.63) is 60.1 Å². The van der Waals surface area contributed by atoms with Gasteiger partial charge < -0.3 is 9.73 Å². The van der Waals surface area contributed by atoms with Gasteiger partial charge in [0.2, 0.25) is 0 Å². The van der Waals surface area contributed by atoms with Crippen LogP contribution in [0.2, 0.25) is 0 Å². The molecule has 2 nitrogen and oxygen atoms in total. The molecule has 0 bridgehead atoms. The molecule has 18 heavy (non-hydrogen) atoms. The summed E-state index contributed by atoms with van der Waals surface area (Å²) in [5.41, 5.74) is 1.34. The van der Waals surface area contributed by atoms with Gasteiger partial charge in [-0.3, -0.25) is 0 Å².